The lowest BCUT2D eigenvalue weighted by atomic mass is 10.2. The van der Waals surface area contributed by atoms with Crippen molar-refractivity contribution in [2.75, 3.05) is 31.4 Å². The largest absolute Gasteiger partial charge is 0.497 e. The molecule has 0 saturated carbocycles. The maximum Gasteiger partial charge on any atom is 0.282 e. The topological polar surface area (TPSA) is 82.2 Å². The molecule has 120 valence electrons. The number of rotatable bonds is 5. The lowest BCUT2D eigenvalue weighted by Crippen LogP contribution is -2.23. The van der Waals surface area contributed by atoms with Gasteiger partial charge in [-0.05, 0) is 24.3 Å². The van der Waals surface area contributed by atoms with Gasteiger partial charge in [-0.15, -0.1) is 16.4 Å². The molecule has 0 amide bonds. The summed E-state index contributed by atoms with van der Waals surface area (Å²) in [6.45, 7) is -0.427. The molecule has 1 aromatic carbocycles. The third kappa shape index (κ3) is 2.72. The average molecular weight is 334 g/mol. The molecule has 0 aliphatic rings. The van der Waals surface area contributed by atoms with E-state index in [2.05, 4.69) is 10.4 Å². The molecule has 0 spiro atoms. The van der Waals surface area contributed by atoms with E-state index in [1.54, 1.807) is 36.8 Å². The Hall–Kier alpha value is -2.61. The number of benzene rings is 1. The van der Waals surface area contributed by atoms with E-state index < -0.39 is 6.67 Å². The van der Waals surface area contributed by atoms with Crippen molar-refractivity contribution >= 4 is 32.9 Å². The van der Waals surface area contributed by atoms with Crippen LogP contribution in [0.4, 0.5) is 15.2 Å². The predicted molar refractivity (Wildman–Crippen MR) is 90.6 cm³/mol. The maximum atomic E-state index is 12.7. The number of nitrogens with one attached hydrogen (secondary N) is 1. The summed E-state index contributed by atoms with van der Waals surface area (Å²) in [6, 6.07) is 6.92. The Morgan fingerprint density at radius 1 is 1.39 bits per heavy atom. The Kier molecular flexibility index (Phi) is 4.16. The van der Waals surface area contributed by atoms with Gasteiger partial charge in [0.05, 0.1) is 23.2 Å². The molecule has 0 atom stereocenters. The first-order chi connectivity index (χ1) is 11.2. The van der Waals surface area contributed by atoms with Gasteiger partial charge in [-0.25, -0.2) is 4.39 Å². The van der Waals surface area contributed by atoms with Crippen molar-refractivity contribution in [3.05, 3.63) is 40.0 Å². The summed E-state index contributed by atoms with van der Waals surface area (Å²) in [5.74, 6) is 1.11. The van der Waals surface area contributed by atoms with Gasteiger partial charge in [-0.2, -0.15) is 4.68 Å². The minimum atomic E-state index is -0.537. The van der Waals surface area contributed by atoms with E-state index in [4.69, 9.17) is 10.5 Å². The SMILES string of the molecule is COc1ccc(-n2nc(NCCF)c3csc(N)c3c2=O)cc1. The second kappa shape index (κ2) is 6.25. The number of aromatic nitrogens is 2. The summed E-state index contributed by atoms with van der Waals surface area (Å²) in [5.41, 5.74) is 6.19. The third-order valence-corrected chi connectivity index (χ3v) is 4.20. The molecule has 0 radical (unpaired) electrons. The van der Waals surface area contributed by atoms with E-state index in [1.807, 2.05) is 0 Å². The highest BCUT2D eigenvalue weighted by Crippen LogP contribution is 2.29. The molecule has 6 nitrogen and oxygen atoms in total. The Morgan fingerprint density at radius 3 is 2.78 bits per heavy atom. The zero-order chi connectivity index (χ0) is 16.4. The molecule has 0 unspecified atom stereocenters. The van der Waals surface area contributed by atoms with Gasteiger partial charge in [0.15, 0.2) is 5.82 Å². The van der Waals surface area contributed by atoms with Gasteiger partial charge in [0.1, 0.15) is 12.4 Å². The van der Waals surface area contributed by atoms with Crippen LogP contribution in [0.25, 0.3) is 16.5 Å². The van der Waals surface area contributed by atoms with Crippen molar-refractivity contribution in [3.8, 4) is 11.4 Å². The normalized spacial score (nSPS) is 10.9. The quantitative estimate of drug-likeness (QED) is 0.749. The van der Waals surface area contributed by atoms with Crippen LogP contribution >= 0.6 is 11.3 Å². The molecule has 0 bridgehead atoms. The van der Waals surface area contributed by atoms with Crippen LogP contribution < -0.4 is 21.3 Å². The van der Waals surface area contributed by atoms with E-state index in [0.29, 0.717) is 33.0 Å². The van der Waals surface area contributed by atoms with Gasteiger partial charge in [0.2, 0.25) is 0 Å². The minimum absolute atomic E-state index is 0.110. The van der Waals surface area contributed by atoms with Gasteiger partial charge in [-0.3, -0.25) is 4.79 Å². The number of thiophene rings is 1. The standard InChI is InChI=1S/C15H15FN4O2S/c1-22-10-4-2-9(3-5-10)20-15(21)12-11(8-23-13(12)17)14(19-20)18-7-6-16/h2-5,8H,6-7,17H2,1H3,(H,18,19). The summed E-state index contributed by atoms with van der Waals surface area (Å²) in [4.78, 5) is 12.7. The molecular weight excluding hydrogens is 319 g/mol. The summed E-state index contributed by atoms with van der Waals surface area (Å²) >= 11 is 1.26. The fourth-order valence-corrected chi connectivity index (χ4v) is 3.06. The number of nitrogens with two attached hydrogens (primary N) is 1. The zero-order valence-electron chi connectivity index (χ0n) is 12.4. The fourth-order valence-electron chi connectivity index (χ4n) is 2.27. The van der Waals surface area contributed by atoms with E-state index in [9.17, 15) is 9.18 Å². The highest BCUT2D eigenvalue weighted by molar-refractivity contribution is 7.15. The number of ether oxygens (including phenoxy) is 1. The first-order valence-corrected chi connectivity index (χ1v) is 7.78. The average Bonchev–Trinajstić information content (AvgIpc) is 2.97. The molecular formula is C15H15FN4O2S. The first-order valence-electron chi connectivity index (χ1n) is 6.90. The number of hydrogen-bond acceptors (Lipinski definition) is 6. The Morgan fingerprint density at radius 2 is 2.13 bits per heavy atom. The van der Waals surface area contributed by atoms with Crippen LogP contribution in [-0.2, 0) is 0 Å². The van der Waals surface area contributed by atoms with E-state index in [-0.39, 0.29) is 12.1 Å². The first kappa shape index (κ1) is 15.3. The van der Waals surface area contributed by atoms with E-state index in [0.717, 1.165) is 0 Å². The van der Waals surface area contributed by atoms with Crippen LogP contribution in [0.1, 0.15) is 0 Å². The summed E-state index contributed by atoms with van der Waals surface area (Å²) in [5, 5.41) is 10.4. The van der Waals surface area contributed by atoms with Crippen LogP contribution in [0, 0.1) is 0 Å². The highest BCUT2D eigenvalue weighted by atomic mass is 32.1. The molecule has 0 aliphatic carbocycles. The summed E-state index contributed by atoms with van der Waals surface area (Å²) < 4.78 is 18.8. The Balaban J connectivity index is 2.20. The predicted octanol–water partition coefficient (Wildman–Crippen LogP) is 2.42. The second-order valence-electron chi connectivity index (χ2n) is 4.77. The zero-order valence-corrected chi connectivity index (χ0v) is 13.2. The number of nitrogen functional groups attached to an aromatic ring is 1. The number of fused-ring (bicyclic) bond motifs is 1. The molecule has 0 fully saturated rings. The molecule has 2 aromatic heterocycles. The molecule has 3 rings (SSSR count). The lowest BCUT2D eigenvalue weighted by Gasteiger charge is -2.10. The van der Waals surface area contributed by atoms with Crippen molar-refractivity contribution in [1.82, 2.24) is 9.78 Å². The van der Waals surface area contributed by atoms with Gasteiger partial charge >= 0.3 is 0 Å². The van der Waals surface area contributed by atoms with Crippen molar-refractivity contribution in [1.29, 1.82) is 0 Å². The Bertz CT molecular complexity index is 889. The summed E-state index contributed by atoms with van der Waals surface area (Å²) in [6.07, 6.45) is 0. The van der Waals surface area contributed by atoms with Crippen LogP contribution in [0.15, 0.2) is 34.4 Å². The van der Waals surface area contributed by atoms with Crippen LogP contribution in [-0.4, -0.2) is 30.1 Å². The molecule has 0 saturated heterocycles. The molecule has 23 heavy (non-hydrogen) atoms. The number of methoxy groups -OCH3 is 1. The van der Waals surface area contributed by atoms with Crippen molar-refractivity contribution in [3.63, 3.8) is 0 Å². The number of hydrogen-bond donors (Lipinski definition) is 2. The van der Waals surface area contributed by atoms with Gasteiger partial charge < -0.3 is 15.8 Å². The number of alkyl halides is 1. The van der Waals surface area contributed by atoms with Gasteiger partial charge in [0.25, 0.3) is 5.56 Å². The molecule has 3 aromatic rings. The van der Waals surface area contributed by atoms with Crippen LogP contribution in [0.5, 0.6) is 5.75 Å². The second-order valence-corrected chi connectivity index (χ2v) is 5.68. The van der Waals surface area contributed by atoms with Gasteiger partial charge in [-0.1, -0.05) is 0 Å². The molecule has 8 heteroatoms. The fraction of sp³-hybridized carbons (Fsp3) is 0.200. The van der Waals surface area contributed by atoms with E-state index in [1.165, 1.54) is 16.0 Å². The van der Waals surface area contributed by atoms with Crippen molar-refractivity contribution < 1.29 is 9.13 Å². The maximum absolute atomic E-state index is 12.7. The van der Waals surface area contributed by atoms with Gasteiger partial charge in [0, 0.05) is 17.3 Å². The third-order valence-electron chi connectivity index (χ3n) is 3.38. The molecule has 2 heterocycles. The number of anilines is 2. The van der Waals surface area contributed by atoms with Crippen LogP contribution in [0.3, 0.4) is 0 Å². The smallest absolute Gasteiger partial charge is 0.282 e. The monoisotopic (exact) mass is 334 g/mol. The molecule has 0 aliphatic heterocycles. The lowest BCUT2D eigenvalue weighted by molar-refractivity contribution is 0.414. The van der Waals surface area contributed by atoms with Crippen LogP contribution in [0.2, 0.25) is 0 Å². The number of nitrogens with zero attached hydrogens (tertiary/aromatic N) is 2. The molecule has 3 N–H and O–H groups in total. The minimum Gasteiger partial charge on any atom is -0.497 e. The highest BCUT2D eigenvalue weighted by Gasteiger charge is 2.15. The van der Waals surface area contributed by atoms with E-state index >= 15 is 0 Å². The Labute approximate surface area is 135 Å². The summed E-state index contributed by atoms with van der Waals surface area (Å²) in [7, 11) is 1.57. The van der Waals surface area contributed by atoms with Crippen molar-refractivity contribution in [2.45, 2.75) is 0 Å². The number of halogens is 1. The van der Waals surface area contributed by atoms with Crippen molar-refractivity contribution in [2.24, 2.45) is 0 Å².